The molecule has 2 fully saturated rings. The zero-order chi connectivity index (χ0) is 28.8. The molecule has 10 heteroatoms. The number of alkyl halides is 2. The first kappa shape index (κ1) is 26.8. The van der Waals surface area contributed by atoms with Gasteiger partial charge in [0.05, 0.1) is 22.7 Å². The summed E-state index contributed by atoms with van der Waals surface area (Å²) < 4.78 is 35.7. The number of furan rings is 1. The van der Waals surface area contributed by atoms with Crippen LogP contribution in [0, 0.1) is 16.7 Å². The summed E-state index contributed by atoms with van der Waals surface area (Å²) in [5, 5.41) is 17.2. The van der Waals surface area contributed by atoms with Crippen LogP contribution in [0.3, 0.4) is 0 Å². The highest BCUT2D eigenvalue weighted by atomic mass is 19.3. The molecule has 41 heavy (non-hydrogen) atoms. The number of amides is 1. The van der Waals surface area contributed by atoms with E-state index in [4.69, 9.17) is 4.42 Å². The zero-order valence-corrected chi connectivity index (χ0v) is 22.6. The Balaban J connectivity index is 1.26. The third kappa shape index (κ3) is 5.12. The van der Waals surface area contributed by atoms with Gasteiger partial charge in [0.1, 0.15) is 18.2 Å². The van der Waals surface area contributed by atoms with Crippen molar-refractivity contribution in [1.29, 1.82) is 5.26 Å². The topological polar surface area (TPSA) is 114 Å². The van der Waals surface area contributed by atoms with Gasteiger partial charge in [-0.25, -0.2) is 18.4 Å². The van der Waals surface area contributed by atoms with Crippen LogP contribution in [0.4, 0.5) is 8.78 Å². The van der Waals surface area contributed by atoms with Gasteiger partial charge in [-0.1, -0.05) is 25.1 Å². The lowest BCUT2D eigenvalue weighted by Crippen LogP contribution is -2.58. The first-order chi connectivity index (χ1) is 19.6. The van der Waals surface area contributed by atoms with Crippen molar-refractivity contribution in [2.75, 3.05) is 0 Å². The lowest BCUT2D eigenvalue weighted by Gasteiger charge is -2.39. The second kappa shape index (κ2) is 9.91. The number of aromatic nitrogens is 3. The molecule has 1 amide bonds. The van der Waals surface area contributed by atoms with E-state index in [9.17, 15) is 23.6 Å². The van der Waals surface area contributed by atoms with Gasteiger partial charge in [0.25, 0.3) is 5.91 Å². The number of ketones is 1. The second-order valence-corrected chi connectivity index (χ2v) is 11.3. The Labute approximate surface area is 235 Å². The number of Topliss-reactive ketones (excluding diaryl/α,β-unsaturated/α-hetero) is 1. The Hall–Kier alpha value is -4.39. The van der Waals surface area contributed by atoms with Crippen LogP contribution < -0.4 is 5.32 Å². The number of halogens is 2. The minimum absolute atomic E-state index is 0.00106. The van der Waals surface area contributed by atoms with Gasteiger partial charge in [-0.05, 0) is 73.1 Å². The molecule has 4 aromatic rings. The monoisotopic (exact) mass is 557 g/mol. The minimum atomic E-state index is -2.89. The standard InChI is InChI=1S/C31H29F2N5O3/c1-2-20-13-21(5-6-24(20)38-19-35-18-36-38)22-3-4-23-15-26(41-25(23)14-22)28(40)37-30(9-11-31(32,33)12-10-30)27(39)16-29(17-34)7-8-29/h3-6,13-15,18-19H,2,7-12,16H2,1H3,(H,37,40). The molecule has 0 spiro atoms. The lowest BCUT2D eigenvalue weighted by molar-refractivity contribution is -0.131. The Kier molecular flexibility index (Phi) is 6.48. The first-order valence-electron chi connectivity index (χ1n) is 13.8. The SMILES string of the molecule is CCc1cc(-c2ccc3cc(C(=O)NC4(C(=O)CC5(C#N)CC5)CCC(F)(F)CC4)oc3c2)ccc1-n1cncn1. The lowest BCUT2D eigenvalue weighted by atomic mass is 9.74. The third-order valence-electron chi connectivity index (χ3n) is 8.51. The molecule has 0 saturated heterocycles. The number of nitriles is 1. The van der Waals surface area contributed by atoms with Gasteiger partial charge in [-0.3, -0.25) is 9.59 Å². The fraction of sp³-hybridized carbons (Fsp3) is 0.387. The van der Waals surface area contributed by atoms with E-state index in [-0.39, 0.29) is 30.8 Å². The molecule has 0 unspecified atom stereocenters. The van der Waals surface area contributed by atoms with E-state index < -0.39 is 35.6 Å². The third-order valence-corrected chi connectivity index (χ3v) is 8.51. The van der Waals surface area contributed by atoms with Gasteiger partial charge in [-0.15, -0.1) is 0 Å². The van der Waals surface area contributed by atoms with Crippen molar-refractivity contribution in [3.8, 4) is 22.9 Å². The van der Waals surface area contributed by atoms with E-state index in [0.717, 1.165) is 28.8 Å². The highest BCUT2D eigenvalue weighted by Crippen LogP contribution is 2.50. The first-order valence-corrected chi connectivity index (χ1v) is 13.8. The van der Waals surface area contributed by atoms with Crippen LogP contribution in [0.2, 0.25) is 0 Å². The fourth-order valence-electron chi connectivity index (χ4n) is 5.68. The van der Waals surface area contributed by atoms with Crippen molar-refractivity contribution in [3.63, 3.8) is 0 Å². The molecule has 2 saturated carbocycles. The van der Waals surface area contributed by atoms with Gasteiger partial charge in [0.2, 0.25) is 5.92 Å². The van der Waals surface area contributed by atoms with E-state index >= 15 is 0 Å². The van der Waals surface area contributed by atoms with Gasteiger partial charge >= 0.3 is 0 Å². The molecule has 6 rings (SSSR count). The van der Waals surface area contributed by atoms with Crippen molar-refractivity contribution < 1.29 is 22.8 Å². The molecule has 8 nitrogen and oxygen atoms in total. The maximum Gasteiger partial charge on any atom is 0.287 e. The van der Waals surface area contributed by atoms with Crippen LogP contribution in [-0.2, 0) is 11.2 Å². The summed E-state index contributed by atoms with van der Waals surface area (Å²) in [6.07, 6.45) is 3.72. The molecular formula is C31H29F2N5O3. The molecule has 2 aromatic carbocycles. The Morgan fingerprint density at radius 1 is 1.05 bits per heavy atom. The number of hydrogen-bond acceptors (Lipinski definition) is 6. The largest absolute Gasteiger partial charge is 0.451 e. The molecule has 210 valence electrons. The van der Waals surface area contributed by atoms with Crippen molar-refractivity contribution in [1.82, 2.24) is 20.1 Å². The molecule has 0 bridgehead atoms. The molecule has 2 aliphatic carbocycles. The van der Waals surface area contributed by atoms with E-state index in [1.165, 1.54) is 6.33 Å². The van der Waals surface area contributed by atoms with Crippen LogP contribution in [0.1, 0.15) is 68.0 Å². The molecule has 0 radical (unpaired) electrons. The smallest absolute Gasteiger partial charge is 0.287 e. The maximum absolute atomic E-state index is 14.0. The minimum Gasteiger partial charge on any atom is -0.451 e. The molecule has 2 aliphatic rings. The van der Waals surface area contributed by atoms with Crippen molar-refractivity contribution in [2.24, 2.45) is 5.41 Å². The van der Waals surface area contributed by atoms with Crippen LogP contribution in [0.25, 0.3) is 27.8 Å². The molecule has 2 heterocycles. The van der Waals surface area contributed by atoms with Gasteiger partial charge in [0, 0.05) is 24.6 Å². The van der Waals surface area contributed by atoms with E-state index in [0.29, 0.717) is 23.8 Å². The molecule has 1 N–H and O–H groups in total. The summed E-state index contributed by atoms with van der Waals surface area (Å²) in [6, 6.07) is 15.5. The van der Waals surface area contributed by atoms with Gasteiger partial charge < -0.3 is 9.73 Å². The predicted molar refractivity (Wildman–Crippen MR) is 146 cm³/mol. The van der Waals surface area contributed by atoms with Gasteiger partial charge in [-0.2, -0.15) is 10.4 Å². The van der Waals surface area contributed by atoms with Crippen LogP contribution in [-0.4, -0.2) is 37.9 Å². The average molecular weight is 558 g/mol. The number of carbonyl (C=O) groups is 2. The number of nitrogens with one attached hydrogen (secondary N) is 1. The Bertz CT molecular complexity index is 1670. The summed E-state index contributed by atoms with van der Waals surface area (Å²) in [4.78, 5) is 30.8. The maximum atomic E-state index is 14.0. The quantitative estimate of drug-likeness (QED) is 0.277. The van der Waals surface area contributed by atoms with Crippen molar-refractivity contribution >= 4 is 22.7 Å². The number of aryl methyl sites for hydroxylation is 1. The highest BCUT2D eigenvalue weighted by Gasteiger charge is 2.53. The van der Waals surface area contributed by atoms with E-state index in [1.54, 1.807) is 17.1 Å². The number of carbonyl (C=O) groups excluding carboxylic acids is 2. The molecule has 2 aromatic heterocycles. The van der Waals surface area contributed by atoms with Crippen molar-refractivity contribution in [3.05, 3.63) is 66.4 Å². The van der Waals surface area contributed by atoms with Crippen LogP contribution in [0.5, 0.6) is 0 Å². The summed E-state index contributed by atoms with van der Waals surface area (Å²) in [5.41, 5.74) is 2.19. The predicted octanol–water partition coefficient (Wildman–Crippen LogP) is 6.18. The zero-order valence-electron chi connectivity index (χ0n) is 22.6. The summed E-state index contributed by atoms with van der Waals surface area (Å²) in [7, 11) is 0. The molecule has 0 atom stereocenters. The van der Waals surface area contributed by atoms with Crippen molar-refractivity contribution in [2.45, 2.75) is 69.8 Å². The Morgan fingerprint density at radius 3 is 2.44 bits per heavy atom. The number of fused-ring (bicyclic) bond motifs is 1. The normalized spacial score (nSPS) is 18.5. The molecule has 0 aliphatic heterocycles. The summed E-state index contributed by atoms with van der Waals surface area (Å²) in [5.74, 6) is -3.88. The van der Waals surface area contributed by atoms with Crippen LogP contribution in [0.15, 0.2) is 59.5 Å². The molecular weight excluding hydrogens is 528 g/mol. The number of benzene rings is 2. The van der Waals surface area contributed by atoms with E-state index in [2.05, 4.69) is 34.5 Å². The number of hydrogen-bond donors (Lipinski definition) is 1. The second-order valence-electron chi connectivity index (χ2n) is 11.3. The van der Waals surface area contributed by atoms with Crippen LogP contribution >= 0.6 is 0 Å². The highest BCUT2D eigenvalue weighted by molar-refractivity contribution is 6.01. The fourth-order valence-corrected chi connectivity index (χ4v) is 5.68. The summed E-state index contributed by atoms with van der Waals surface area (Å²) >= 11 is 0. The number of nitrogens with zero attached hydrogens (tertiary/aromatic N) is 4. The number of rotatable bonds is 8. The van der Waals surface area contributed by atoms with Gasteiger partial charge in [0.15, 0.2) is 11.5 Å². The Morgan fingerprint density at radius 2 is 1.78 bits per heavy atom. The summed E-state index contributed by atoms with van der Waals surface area (Å²) in [6.45, 7) is 2.07. The average Bonchev–Trinajstić information content (AvgIpc) is 3.34. The van der Waals surface area contributed by atoms with E-state index in [1.807, 2.05) is 30.3 Å².